The Balaban J connectivity index is 1.66. The van der Waals surface area contributed by atoms with Gasteiger partial charge in [0.05, 0.1) is 22.0 Å². The van der Waals surface area contributed by atoms with Gasteiger partial charge in [-0.2, -0.15) is 0 Å². The van der Waals surface area contributed by atoms with Crippen molar-refractivity contribution < 1.29 is 18.0 Å². The molecule has 2 aromatic carbocycles. The second-order valence-electron chi connectivity index (χ2n) is 7.16. The smallest absolute Gasteiger partial charge is 0.283 e. The van der Waals surface area contributed by atoms with Gasteiger partial charge in [-0.15, -0.1) is 0 Å². The first kappa shape index (κ1) is 20.6. The lowest BCUT2D eigenvalue weighted by molar-refractivity contribution is -0.121. The number of nitrogens with one attached hydrogen (secondary N) is 1. The second kappa shape index (κ2) is 7.55. The number of hydrogen-bond acceptors (Lipinski definition) is 5. The standard InChI is InChI=1S/C21H20N4O5S/c1-14-20(21(28)25(23(14)2)16-6-4-3-5-7-16)22-31(29,30)17-10-8-15(9-11-17)24-18(26)12-13-19(24)27/h3-11,22H,12-13H2,1-2H3. The maximum absolute atomic E-state index is 13.0. The predicted octanol–water partition coefficient (Wildman–Crippen LogP) is 1.94. The minimum atomic E-state index is -4.08. The molecule has 0 aliphatic carbocycles. The van der Waals surface area contributed by atoms with Crippen LogP contribution in [0.5, 0.6) is 0 Å². The zero-order valence-corrected chi connectivity index (χ0v) is 17.7. The average Bonchev–Trinajstić information content (AvgIpc) is 3.19. The molecule has 160 valence electrons. The zero-order chi connectivity index (χ0) is 22.3. The fourth-order valence-electron chi connectivity index (χ4n) is 3.52. The Labute approximate surface area is 178 Å². The SMILES string of the molecule is Cc1c(NS(=O)(=O)c2ccc(N3C(=O)CCC3=O)cc2)c(=O)n(-c2ccccc2)n1C. The van der Waals surface area contributed by atoms with Crippen molar-refractivity contribution in [2.45, 2.75) is 24.7 Å². The van der Waals surface area contributed by atoms with Crippen LogP contribution in [0.1, 0.15) is 18.5 Å². The third kappa shape index (κ3) is 3.55. The number of carbonyl (C=O) groups is 2. The third-order valence-corrected chi connectivity index (χ3v) is 6.61. The fourth-order valence-corrected chi connectivity index (χ4v) is 4.63. The first-order chi connectivity index (χ1) is 14.7. The lowest BCUT2D eigenvalue weighted by Gasteiger charge is -2.14. The number of sulfonamides is 1. The molecule has 1 aliphatic heterocycles. The summed E-state index contributed by atoms with van der Waals surface area (Å²) in [7, 11) is -2.41. The largest absolute Gasteiger partial charge is 0.296 e. The van der Waals surface area contributed by atoms with Gasteiger partial charge in [0, 0.05) is 19.9 Å². The van der Waals surface area contributed by atoms with Gasteiger partial charge in [0.2, 0.25) is 11.8 Å². The number of amides is 2. The molecule has 4 rings (SSSR count). The minimum Gasteiger partial charge on any atom is -0.283 e. The number of carbonyl (C=O) groups excluding carboxylic acids is 2. The number of rotatable bonds is 5. The lowest BCUT2D eigenvalue weighted by atomic mass is 10.3. The van der Waals surface area contributed by atoms with Crippen molar-refractivity contribution in [1.29, 1.82) is 0 Å². The van der Waals surface area contributed by atoms with Crippen LogP contribution in [0.15, 0.2) is 64.3 Å². The highest BCUT2D eigenvalue weighted by Gasteiger charge is 2.30. The Morgan fingerprint density at radius 1 is 0.839 bits per heavy atom. The molecule has 1 aliphatic rings. The highest BCUT2D eigenvalue weighted by molar-refractivity contribution is 7.92. The van der Waals surface area contributed by atoms with Crippen LogP contribution in [-0.2, 0) is 26.7 Å². The molecule has 0 spiro atoms. The number of para-hydroxylation sites is 1. The molecule has 2 heterocycles. The average molecular weight is 440 g/mol. The van der Waals surface area contributed by atoms with E-state index in [9.17, 15) is 22.8 Å². The van der Waals surface area contributed by atoms with Gasteiger partial charge in [0.25, 0.3) is 15.6 Å². The van der Waals surface area contributed by atoms with E-state index in [2.05, 4.69) is 4.72 Å². The Hall–Kier alpha value is -3.66. The van der Waals surface area contributed by atoms with E-state index in [1.165, 1.54) is 28.9 Å². The van der Waals surface area contributed by atoms with E-state index in [-0.39, 0.29) is 35.2 Å². The number of nitrogens with zero attached hydrogens (tertiary/aromatic N) is 3. The first-order valence-corrected chi connectivity index (χ1v) is 11.0. The van der Waals surface area contributed by atoms with Crippen LogP contribution in [-0.4, -0.2) is 29.6 Å². The van der Waals surface area contributed by atoms with E-state index in [1.807, 2.05) is 6.07 Å². The number of anilines is 2. The molecule has 0 unspecified atom stereocenters. The summed E-state index contributed by atoms with van der Waals surface area (Å²) in [6, 6.07) is 14.3. The number of hydrogen-bond donors (Lipinski definition) is 1. The van der Waals surface area contributed by atoms with Crippen molar-refractivity contribution in [3.63, 3.8) is 0 Å². The summed E-state index contributed by atoms with van der Waals surface area (Å²) >= 11 is 0. The molecule has 0 bridgehead atoms. The molecule has 0 atom stereocenters. The summed E-state index contributed by atoms with van der Waals surface area (Å²) in [6.07, 6.45) is 0.281. The topological polar surface area (TPSA) is 110 Å². The molecule has 9 nitrogen and oxygen atoms in total. The van der Waals surface area contributed by atoms with E-state index < -0.39 is 15.6 Å². The monoisotopic (exact) mass is 440 g/mol. The van der Waals surface area contributed by atoms with Gasteiger partial charge in [-0.25, -0.2) is 13.1 Å². The maximum Gasteiger partial charge on any atom is 0.296 e. The van der Waals surface area contributed by atoms with Gasteiger partial charge in [-0.05, 0) is 43.3 Å². The lowest BCUT2D eigenvalue weighted by Crippen LogP contribution is -2.28. The van der Waals surface area contributed by atoms with Crippen molar-refractivity contribution in [3.05, 3.63) is 70.6 Å². The summed E-state index contributed by atoms with van der Waals surface area (Å²) in [5, 5.41) is 0. The molecule has 1 aromatic heterocycles. The number of benzene rings is 2. The predicted molar refractivity (Wildman–Crippen MR) is 115 cm³/mol. The zero-order valence-electron chi connectivity index (χ0n) is 16.9. The van der Waals surface area contributed by atoms with Crippen molar-refractivity contribution in [3.8, 4) is 5.69 Å². The Bertz CT molecular complexity index is 1320. The molecule has 1 fully saturated rings. The van der Waals surface area contributed by atoms with Gasteiger partial charge in [-0.1, -0.05) is 18.2 Å². The highest BCUT2D eigenvalue weighted by Crippen LogP contribution is 2.25. The molecule has 1 N–H and O–H groups in total. The molecule has 3 aromatic rings. The summed E-state index contributed by atoms with van der Waals surface area (Å²) in [5.41, 5.74) is 0.809. The van der Waals surface area contributed by atoms with E-state index in [4.69, 9.17) is 0 Å². The quantitative estimate of drug-likeness (QED) is 0.610. The summed E-state index contributed by atoms with van der Waals surface area (Å²) in [4.78, 5) is 37.6. The van der Waals surface area contributed by atoms with E-state index >= 15 is 0 Å². The summed E-state index contributed by atoms with van der Waals surface area (Å²) < 4.78 is 31.1. The molecule has 10 heteroatoms. The number of imide groups is 1. The first-order valence-electron chi connectivity index (χ1n) is 9.53. The van der Waals surface area contributed by atoms with Gasteiger partial charge >= 0.3 is 0 Å². The van der Waals surface area contributed by atoms with E-state index in [1.54, 1.807) is 42.9 Å². The normalized spacial score (nSPS) is 14.3. The Morgan fingerprint density at radius 2 is 1.42 bits per heavy atom. The van der Waals surface area contributed by atoms with Crippen molar-refractivity contribution >= 4 is 33.2 Å². The summed E-state index contributed by atoms with van der Waals surface area (Å²) in [5.74, 6) is -0.639. The van der Waals surface area contributed by atoms with Crippen LogP contribution in [0.2, 0.25) is 0 Å². The van der Waals surface area contributed by atoms with Crippen LogP contribution in [0.4, 0.5) is 11.4 Å². The van der Waals surface area contributed by atoms with E-state index in [0.29, 0.717) is 17.1 Å². The minimum absolute atomic E-state index is 0.0553. The van der Waals surface area contributed by atoms with Crippen LogP contribution in [0, 0.1) is 6.92 Å². The molecular weight excluding hydrogens is 420 g/mol. The molecule has 2 amide bonds. The second-order valence-corrected chi connectivity index (χ2v) is 8.84. The maximum atomic E-state index is 13.0. The third-order valence-electron chi connectivity index (χ3n) is 5.25. The summed E-state index contributed by atoms with van der Waals surface area (Å²) in [6.45, 7) is 1.65. The Kier molecular flexibility index (Phi) is 5.02. The fraction of sp³-hybridized carbons (Fsp3) is 0.190. The molecule has 1 saturated heterocycles. The van der Waals surface area contributed by atoms with Crippen LogP contribution >= 0.6 is 0 Å². The molecule has 31 heavy (non-hydrogen) atoms. The van der Waals surface area contributed by atoms with Gasteiger partial charge < -0.3 is 0 Å². The van der Waals surface area contributed by atoms with Crippen LogP contribution in [0.25, 0.3) is 5.69 Å². The molecule has 0 saturated carbocycles. The van der Waals surface area contributed by atoms with Gasteiger partial charge in [-0.3, -0.25) is 28.7 Å². The van der Waals surface area contributed by atoms with Gasteiger partial charge in [0.15, 0.2) is 0 Å². The van der Waals surface area contributed by atoms with Crippen molar-refractivity contribution in [2.24, 2.45) is 7.05 Å². The van der Waals surface area contributed by atoms with E-state index in [0.717, 1.165) is 4.90 Å². The Morgan fingerprint density at radius 3 is 2.00 bits per heavy atom. The van der Waals surface area contributed by atoms with Crippen LogP contribution in [0.3, 0.4) is 0 Å². The molecular formula is C21H20N4O5S. The van der Waals surface area contributed by atoms with Gasteiger partial charge in [0.1, 0.15) is 5.69 Å². The highest BCUT2D eigenvalue weighted by atomic mass is 32.2. The van der Waals surface area contributed by atoms with Crippen molar-refractivity contribution in [1.82, 2.24) is 9.36 Å². The molecule has 0 radical (unpaired) electrons. The number of aromatic nitrogens is 2. The van der Waals surface area contributed by atoms with Crippen LogP contribution < -0.4 is 15.2 Å². The van der Waals surface area contributed by atoms with Crippen molar-refractivity contribution in [2.75, 3.05) is 9.62 Å².